The normalized spacial score (nSPS) is 11.8. The molecule has 0 saturated carbocycles. The van der Waals surface area contributed by atoms with E-state index in [0.29, 0.717) is 5.78 Å². The minimum atomic E-state index is 0.498. The molecule has 1 nitrogen and oxygen atoms in total. The van der Waals surface area contributed by atoms with Gasteiger partial charge in [0, 0.05) is 12.8 Å². The first-order chi connectivity index (χ1) is 13.8. The lowest BCUT2D eigenvalue weighted by Crippen LogP contribution is -1.97. The molecule has 0 aromatic carbocycles. The SMILES string of the molecule is CCCC/C=C/CCCCCCCC(=O)CCCCCCC/C=C/CCCC. The van der Waals surface area contributed by atoms with Gasteiger partial charge in [0.2, 0.25) is 0 Å². The molecular formula is C27H50O. The number of ketones is 1. The fourth-order valence-electron chi connectivity index (χ4n) is 3.47. The van der Waals surface area contributed by atoms with Crippen LogP contribution in [0.25, 0.3) is 0 Å². The summed E-state index contributed by atoms with van der Waals surface area (Å²) < 4.78 is 0. The van der Waals surface area contributed by atoms with Crippen molar-refractivity contribution in [1.29, 1.82) is 0 Å². The Bertz CT molecular complexity index is 332. The first kappa shape index (κ1) is 27.1. The Hall–Kier alpha value is -0.850. The summed E-state index contributed by atoms with van der Waals surface area (Å²) in [6.45, 7) is 4.49. The Morgan fingerprint density at radius 2 is 0.786 bits per heavy atom. The molecule has 0 N–H and O–H groups in total. The van der Waals surface area contributed by atoms with Gasteiger partial charge in [-0.15, -0.1) is 0 Å². The number of hydrogen-bond acceptors (Lipinski definition) is 1. The molecule has 164 valence electrons. The monoisotopic (exact) mass is 390 g/mol. The van der Waals surface area contributed by atoms with Crippen molar-refractivity contribution >= 4 is 5.78 Å². The molecule has 0 unspecified atom stereocenters. The van der Waals surface area contributed by atoms with Crippen LogP contribution in [0.1, 0.15) is 142 Å². The third-order valence-corrected chi connectivity index (χ3v) is 5.43. The highest BCUT2D eigenvalue weighted by molar-refractivity contribution is 5.78. The fourth-order valence-corrected chi connectivity index (χ4v) is 3.47. The van der Waals surface area contributed by atoms with Gasteiger partial charge in [0.15, 0.2) is 0 Å². The van der Waals surface area contributed by atoms with Crippen molar-refractivity contribution in [2.75, 3.05) is 0 Å². The lowest BCUT2D eigenvalue weighted by Gasteiger charge is -2.02. The first-order valence-corrected chi connectivity index (χ1v) is 12.6. The summed E-state index contributed by atoms with van der Waals surface area (Å²) in [6, 6.07) is 0. The van der Waals surface area contributed by atoms with Gasteiger partial charge in [0.25, 0.3) is 0 Å². The molecule has 0 aromatic heterocycles. The Kier molecular flexibility index (Phi) is 23.5. The van der Waals surface area contributed by atoms with E-state index in [1.54, 1.807) is 0 Å². The van der Waals surface area contributed by atoms with Crippen LogP contribution in [-0.4, -0.2) is 5.78 Å². The van der Waals surface area contributed by atoms with Crippen LogP contribution in [0.15, 0.2) is 24.3 Å². The van der Waals surface area contributed by atoms with Crippen molar-refractivity contribution in [3.8, 4) is 0 Å². The van der Waals surface area contributed by atoms with Gasteiger partial charge >= 0.3 is 0 Å². The predicted molar refractivity (Wildman–Crippen MR) is 127 cm³/mol. The Balaban J connectivity index is 3.23. The van der Waals surface area contributed by atoms with E-state index in [0.717, 1.165) is 25.7 Å². The van der Waals surface area contributed by atoms with Crippen molar-refractivity contribution in [1.82, 2.24) is 0 Å². The highest BCUT2D eigenvalue weighted by atomic mass is 16.1. The first-order valence-electron chi connectivity index (χ1n) is 12.6. The van der Waals surface area contributed by atoms with Crippen LogP contribution in [0.3, 0.4) is 0 Å². The van der Waals surface area contributed by atoms with Crippen LogP contribution in [-0.2, 0) is 4.79 Å². The summed E-state index contributed by atoms with van der Waals surface area (Å²) in [5.74, 6) is 0.498. The standard InChI is InChI=1S/C27H50O/c1-3-5-7-9-11-13-15-17-19-21-23-25-27(28)26-24-22-20-18-16-14-12-10-8-6-4-2/h9-12H,3-8,13-26H2,1-2H3/b11-9+,12-10+. The quantitative estimate of drug-likeness (QED) is 0.133. The molecule has 0 rings (SSSR count). The van der Waals surface area contributed by atoms with Crippen molar-refractivity contribution in [2.45, 2.75) is 142 Å². The van der Waals surface area contributed by atoms with E-state index in [1.165, 1.54) is 103 Å². The third kappa shape index (κ3) is 23.2. The average Bonchev–Trinajstić information content (AvgIpc) is 2.70. The molecule has 0 saturated heterocycles. The molecule has 0 heterocycles. The molecule has 1 heteroatoms. The fraction of sp³-hybridized carbons (Fsp3) is 0.815. The van der Waals surface area contributed by atoms with E-state index in [2.05, 4.69) is 38.2 Å². The molecule has 0 amide bonds. The van der Waals surface area contributed by atoms with Crippen LogP contribution in [0.5, 0.6) is 0 Å². The maximum absolute atomic E-state index is 11.9. The van der Waals surface area contributed by atoms with Crippen LogP contribution < -0.4 is 0 Å². The van der Waals surface area contributed by atoms with Crippen LogP contribution in [0.2, 0.25) is 0 Å². The lowest BCUT2D eigenvalue weighted by molar-refractivity contribution is -0.119. The highest BCUT2D eigenvalue weighted by Gasteiger charge is 2.01. The largest absolute Gasteiger partial charge is 0.300 e. The summed E-state index contributed by atoms with van der Waals surface area (Å²) in [5, 5.41) is 0. The second-order valence-corrected chi connectivity index (χ2v) is 8.38. The van der Waals surface area contributed by atoms with Gasteiger partial charge in [-0.2, -0.15) is 0 Å². The van der Waals surface area contributed by atoms with Crippen LogP contribution >= 0.6 is 0 Å². The Labute approximate surface area is 177 Å². The van der Waals surface area contributed by atoms with Gasteiger partial charge in [-0.1, -0.05) is 102 Å². The van der Waals surface area contributed by atoms with Gasteiger partial charge in [-0.3, -0.25) is 4.79 Å². The smallest absolute Gasteiger partial charge is 0.132 e. The molecular weight excluding hydrogens is 340 g/mol. The number of allylic oxidation sites excluding steroid dienone is 4. The average molecular weight is 391 g/mol. The van der Waals surface area contributed by atoms with E-state index >= 15 is 0 Å². The highest BCUT2D eigenvalue weighted by Crippen LogP contribution is 2.12. The van der Waals surface area contributed by atoms with Crippen LogP contribution in [0.4, 0.5) is 0 Å². The molecule has 0 radical (unpaired) electrons. The van der Waals surface area contributed by atoms with Gasteiger partial charge < -0.3 is 0 Å². The number of rotatable bonds is 22. The summed E-state index contributed by atoms with van der Waals surface area (Å²) in [4.78, 5) is 11.9. The lowest BCUT2D eigenvalue weighted by atomic mass is 10.0. The van der Waals surface area contributed by atoms with Gasteiger partial charge in [-0.25, -0.2) is 0 Å². The second kappa shape index (κ2) is 24.2. The summed E-state index contributed by atoms with van der Waals surface area (Å²) in [7, 11) is 0. The summed E-state index contributed by atoms with van der Waals surface area (Å²) in [6.07, 6.45) is 33.7. The van der Waals surface area contributed by atoms with E-state index < -0.39 is 0 Å². The molecule has 0 aliphatic rings. The minimum Gasteiger partial charge on any atom is -0.300 e. The number of Topliss-reactive ketones (excluding diaryl/α,β-unsaturated/α-hetero) is 1. The van der Waals surface area contributed by atoms with Gasteiger partial charge in [0.05, 0.1) is 0 Å². The summed E-state index contributed by atoms with van der Waals surface area (Å²) in [5.41, 5.74) is 0. The summed E-state index contributed by atoms with van der Waals surface area (Å²) >= 11 is 0. The number of carbonyl (C=O) groups excluding carboxylic acids is 1. The topological polar surface area (TPSA) is 17.1 Å². The zero-order valence-corrected chi connectivity index (χ0v) is 19.4. The predicted octanol–water partition coefficient (Wildman–Crippen LogP) is 9.51. The van der Waals surface area contributed by atoms with E-state index in [-0.39, 0.29) is 0 Å². The molecule has 0 spiro atoms. The second-order valence-electron chi connectivity index (χ2n) is 8.38. The number of unbranched alkanes of at least 4 members (excludes halogenated alkanes) is 14. The molecule has 0 bridgehead atoms. The molecule has 0 fully saturated rings. The van der Waals surface area contributed by atoms with Crippen molar-refractivity contribution < 1.29 is 4.79 Å². The van der Waals surface area contributed by atoms with Crippen molar-refractivity contribution in [2.24, 2.45) is 0 Å². The molecule has 28 heavy (non-hydrogen) atoms. The van der Waals surface area contributed by atoms with Gasteiger partial charge in [-0.05, 0) is 51.4 Å². The van der Waals surface area contributed by atoms with E-state index in [9.17, 15) is 4.79 Å². The van der Waals surface area contributed by atoms with E-state index in [1.807, 2.05) is 0 Å². The molecule has 0 aromatic rings. The maximum atomic E-state index is 11.9. The minimum absolute atomic E-state index is 0.498. The zero-order chi connectivity index (χ0) is 20.5. The number of hydrogen-bond donors (Lipinski definition) is 0. The molecule has 0 atom stereocenters. The van der Waals surface area contributed by atoms with Crippen molar-refractivity contribution in [3.63, 3.8) is 0 Å². The Morgan fingerprint density at radius 3 is 1.18 bits per heavy atom. The number of carbonyl (C=O) groups is 1. The van der Waals surface area contributed by atoms with Gasteiger partial charge in [0.1, 0.15) is 5.78 Å². The molecule has 0 aliphatic heterocycles. The third-order valence-electron chi connectivity index (χ3n) is 5.43. The molecule has 0 aliphatic carbocycles. The maximum Gasteiger partial charge on any atom is 0.132 e. The zero-order valence-electron chi connectivity index (χ0n) is 19.4. The Morgan fingerprint density at radius 1 is 0.464 bits per heavy atom. The van der Waals surface area contributed by atoms with Crippen LogP contribution in [0, 0.1) is 0 Å². The van der Waals surface area contributed by atoms with Crippen molar-refractivity contribution in [3.05, 3.63) is 24.3 Å². The van der Waals surface area contributed by atoms with E-state index in [4.69, 9.17) is 0 Å².